The Labute approximate surface area is 84.0 Å². The SMILES string of the molecule is Cc1ccc([Se]C=CC(N)=O)cc1. The van der Waals surface area contributed by atoms with Gasteiger partial charge in [-0.1, -0.05) is 0 Å². The molecular weight excluding hydrogens is 229 g/mol. The van der Waals surface area contributed by atoms with Crippen LogP contribution in [0.1, 0.15) is 5.56 Å². The third-order valence-corrected chi connectivity index (χ3v) is 3.17. The summed E-state index contributed by atoms with van der Waals surface area (Å²) in [6.45, 7) is 2.05. The number of rotatable bonds is 3. The first-order valence-electron chi connectivity index (χ1n) is 3.88. The van der Waals surface area contributed by atoms with Crippen molar-refractivity contribution in [3.63, 3.8) is 0 Å². The van der Waals surface area contributed by atoms with Gasteiger partial charge in [0.15, 0.2) is 0 Å². The molecule has 0 unspecified atom stereocenters. The minimum absolute atomic E-state index is 0.211. The van der Waals surface area contributed by atoms with Crippen LogP contribution in [0.25, 0.3) is 0 Å². The van der Waals surface area contributed by atoms with Crippen molar-refractivity contribution in [2.75, 3.05) is 0 Å². The van der Waals surface area contributed by atoms with Crippen molar-refractivity contribution in [3.05, 3.63) is 40.9 Å². The molecule has 1 rings (SSSR count). The Kier molecular flexibility index (Phi) is 3.74. The van der Waals surface area contributed by atoms with Gasteiger partial charge in [-0.2, -0.15) is 0 Å². The van der Waals surface area contributed by atoms with Crippen LogP contribution < -0.4 is 10.2 Å². The van der Waals surface area contributed by atoms with Crippen molar-refractivity contribution in [1.29, 1.82) is 0 Å². The maximum atomic E-state index is 10.4. The molecule has 0 aliphatic rings. The molecule has 0 aliphatic carbocycles. The summed E-state index contributed by atoms with van der Waals surface area (Å²) in [6.07, 6.45) is 1.42. The van der Waals surface area contributed by atoms with Crippen molar-refractivity contribution in [2.45, 2.75) is 6.92 Å². The molecule has 0 heterocycles. The van der Waals surface area contributed by atoms with E-state index in [4.69, 9.17) is 5.73 Å². The first-order valence-corrected chi connectivity index (χ1v) is 5.72. The summed E-state index contributed by atoms with van der Waals surface area (Å²) in [5, 5.41) is 0. The van der Waals surface area contributed by atoms with Crippen LogP contribution in [0.2, 0.25) is 0 Å². The van der Waals surface area contributed by atoms with E-state index in [1.165, 1.54) is 16.1 Å². The van der Waals surface area contributed by atoms with Crippen molar-refractivity contribution < 1.29 is 4.79 Å². The molecule has 2 nitrogen and oxygen atoms in total. The van der Waals surface area contributed by atoms with Gasteiger partial charge < -0.3 is 0 Å². The van der Waals surface area contributed by atoms with Crippen molar-refractivity contribution in [1.82, 2.24) is 0 Å². The monoisotopic (exact) mass is 241 g/mol. The second-order valence-electron chi connectivity index (χ2n) is 2.64. The zero-order valence-corrected chi connectivity index (χ0v) is 9.07. The predicted molar refractivity (Wildman–Crippen MR) is 54.9 cm³/mol. The fraction of sp³-hybridized carbons (Fsp3) is 0.100. The second kappa shape index (κ2) is 4.85. The van der Waals surface area contributed by atoms with Crippen LogP contribution in [-0.4, -0.2) is 20.9 Å². The Morgan fingerprint density at radius 1 is 1.38 bits per heavy atom. The number of hydrogen-bond donors (Lipinski definition) is 1. The van der Waals surface area contributed by atoms with E-state index in [0.717, 1.165) is 0 Å². The molecule has 13 heavy (non-hydrogen) atoms. The zero-order valence-electron chi connectivity index (χ0n) is 7.36. The summed E-state index contributed by atoms with van der Waals surface area (Å²) in [7, 11) is 0. The quantitative estimate of drug-likeness (QED) is 0.600. The van der Waals surface area contributed by atoms with E-state index in [1.807, 2.05) is 4.97 Å². The summed E-state index contributed by atoms with van der Waals surface area (Å²) in [5.74, 6) is -0.381. The first kappa shape index (κ1) is 10.0. The van der Waals surface area contributed by atoms with Crippen LogP contribution in [0.3, 0.4) is 0 Å². The minimum atomic E-state index is -0.381. The third kappa shape index (κ3) is 3.92. The average molecular weight is 240 g/mol. The van der Waals surface area contributed by atoms with Gasteiger partial charge in [-0.05, 0) is 0 Å². The van der Waals surface area contributed by atoms with E-state index in [1.54, 1.807) is 0 Å². The number of nitrogens with two attached hydrogens (primary N) is 1. The normalized spacial score (nSPS) is 10.5. The van der Waals surface area contributed by atoms with Gasteiger partial charge in [0.25, 0.3) is 0 Å². The van der Waals surface area contributed by atoms with Crippen LogP contribution in [0.5, 0.6) is 0 Å². The summed E-state index contributed by atoms with van der Waals surface area (Å²) in [5.41, 5.74) is 6.21. The molecule has 3 heteroatoms. The van der Waals surface area contributed by atoms with E-state index in [-0.39, 0.29) is 20.9 Å². The molecule has 0 aromatic heterocycles. The molecular formula is C10H11NOSe. The van der Waals surface area contributed by atoms with E-state index >= 15 is 0 Å². The molecule has 1 aromatic carbocycles. The van der Waals surface area contributed by atoms with Gasteiger partial charge in [0.2, 0.25) is 0 Å². The maximum absolute atomic E-state index is 10.4. The molecule has 0 saturated heterocycles. The van der Waals surface area contributed by atoms with E-state index in [2.05, 4.69) is 31.2 Å². The van der Waals surface area contributed by atoms with Crippen molar-refractivity contribution in [3.8, 4) is 0 Å². The van der Waals surface area contributed by atoms with Gasteiger partial charge in [0.05, 0.1) is 0 Å². The Balaban J connectivity index is 2.55. The molecule has 68 valence electrons. The van der Waals surface area contributed by atoms with Crippen LogP contribution >= 0.6 is 0 Å². The number of aryl methyl sites for hydroxylation is 1. The number of carbonyl (C=O) groups is 1. The van der Waals surface area contributed by atoms with Gasteiger partial charge >= 0.3 is 83.7 Å². The van der Waals surface area contributed by atoms with Gasteiger partial charge in [-0.15, -0.1) is 0 Å². The number of carbonyl (C=O) groups excluding carboxylic acids is 1. The molecule has 1 aromatic rings. The number of amides is 1. The van der Waals surface area contributed by atoms with Crippen LogP contribution in [0.4, 0.5) is 0 Å². The third-order valence-electron chi connectivity index (χ3n) is 1.46. The van der Waals surface area contributed by atoms with Crippen molar-refractivity contribution in [2.24, 2.45) is 5.73 Å². The van der Waals surface area contributed by atoms with Crippen LogP contribution in [-0.2, 0) is 4.79 Å². The van der Waals surface area contributed by atoms with Gasteiger partial charge in [-0.25, -0.2) is 0 Å². The Morgan fingerprint density at radius 3 is 2.54 bits per heavy atom. The number of primary amides is 1. The van der Waals surface area contributed by atoms with Crippen LogP contribution in [0, 0.1) is 6.92 Å². The van der Waals surface area contributed by atoms with E-state index in [0.29, 0.717) is 0 Å². The molecule has 0 bridgehead atoms. The van der Waals surface area contributed by atoms with Gasteiger partial charge in [-0.3, -0.25) is 0 Å². The number of hydrogen-bond acceptors (Lipinski definition) is 1. The summed E-state index contributed by atoms with van der Waals surface area (Å²) in [4.78, 5) is 12.2. The Morgan fingerprint density at radius 2 is 2.00 bits per heavy atom. The predicted octanol–water partition coefficient (Wildman–Crippen LogP) is 0.324. The summed E-state index contributed by atoms with van der Waals surface area (Å²) < 4.78 is 1.25. The molecule has 0 atom stereocenters. The topological polar surface area (TPSA) is 43.1 Å². The average Bonchev–Trinajstić information content (AvgIpc) is 2.08. The van der Waals surface area contributed by atoms with Gasteiger partial charge in [0.1, 0.15) is 0 Å². The van der Waals surface area contributed by atoms with Crippen LogP contribution in [0.15, 0.2) is 35.3 Å². The number of benzene rings is 1. The van der Waals surface area contributed by atoms with E-state index < -0.39 is 0 Å². The molecule has 0 radical (unpaired) electrons. The Bertz CT molecular complexity index is 316. The molecule has 0 aliphatic heterocycles. The fourth-order valence-electron chi connectivity index (χ4n) is 0.796. The standard InChI is InChI=1S/C10H11NOSe/c1-8-2-4-9(5-3-8)13-7-6-10(11)12/h2-7H,1H3,(H2,11,12). The molecule has 0 fully saturated rings. The van der Waals surface area contributed by atoms with Crippen molar-refractivity contribution >= 4 is 25.3 Å². The molecule has 0 spiro atoms. The summed E-state index contributed by atoms with van der Waals surface area (Å²) >= 11 is 0.211. The molecule has 0 saturated carbocycles. The second-order valence-corrected chi connectivity index (χ2v) is 4.69. The molecule has 2 N–H and O–H groups in total. The fourth-order valence-corrected chi connectivity index (χ4v) is 2.17. The van der Waals surface area contributed by atoms with Gasteiger partial charge in [0, 0.05) is 0 Å². The van der Waals surface area contributed by atoms with E-state index in [9.17, 15) is 4.79 Å². The first-order chi connectivity index (χ1) is 6.18. The molecule has 1 amide bonds. The zero-order chi connectivity index (χ0) is 9.68. The summed E-state index contributed by atoms with van der Waals surface area (Å²) in [6, 6.07) is 8.27. The Hall–Kier alpha value is -1.05.